The Morgan fingerprint density at radius 3 is 2.00 bits per heavy atom. The lowest BCUT2D eigenvalue weighted by Crippen LogP contribution is -2.48. The topological polar surface area (TPSA) is 32.3 Å². The van der Waals surface area contributed by atoms with Gasteiger partial charge in [0.15, 0.2) is 0 Å². The Bertz CT molecular complexity index is 265. The zero-order valence-electron chi connectivity index (χ0n) is 12.1. The predicted molar refractivity (Wildman–Crippen MR) is 69.9 cm³/mol. The molecule has 0 bridgehead atoms. The summed E-state index contributed by atoms with van der Waals surface area (Å²) in [5.41, 5.74) is 0.00358. The van der Waals surface area contributed by atoms with Crippen LogP contribution in [0.25, 0.3) is 0 Å². The lowest BCUT2D eigenvalue weighted by molar-refractivity contribution is -0.183. The van der Waals surface area contributed by atoms with Gasteiger partial charge in [-0.25, -0.2) is 0 Å². The van der Waals surface area contributed by atoms with Crippen LogP contribution in [-0.2, 0) is 0 Å². The first kappa shape index (κ1) is 16.8. The van der Waals surface area contributed by atoms with Crippen molar-refractivity contribution in [3.05, 3.63) is 0 Å². The minimum absolute atomic E-state index is 0.00358. The minimum atomic E-state index is -4.04. The predicted octanol–water partition coefficient (Wildman–Crippen LogP) is 3.49. The number of hydrogen-bond acceptors (Lipinski definition) is 2. The Morgan fingerprint density at radius 1 is 1.11 bits per heavy atom. The molecule has 1 unspecified atom stereocenters. The summed E-state index contributed by atoms with van der Waals surface area (Å²) >= 11 is 0. The highest BCUT2D eigenvalue weighted by Crippen LogP contribution is 2.38. The standard InChI is InChI=1S/C14H26F3NO/c1-13(2,3)12(8-9-19)18-11-6-4-10(5-7-11)14(15,16)17/h10-12,18-19H,4-9H2,1-3H3. The van der Waals surface area contributed by atoms with E-state index < -0.39 is 12.1 Å². The summed E-state index contributed by atoms with van der Waals surface area (Å²) in [7, 11) is 0. The van der Waals surface area contributed by atoms with Gasteiger partial charge in [0.25, 0.3) is 0 Å². The molecule has 1 saturated carbocycles. The van der Waals surface area contributed by atoms with Gasteiger partial charge >= 0.3 is 6.18 Å². The molecule has 2 N–H and O–H groups in total. The van der Waals surface area contributed by atoms with E-state index in [0.29, 0.717) is 19.3 Å². The SMILES string of the molecule is CC(C)(C)C(CCO)NC1CCC(C(F)(F)F)CC1. The highest BCUT2D eigenvalue weighted by molar-refractivity contribution is 4.87. The number of rotatable bonds is 4. The van der Waals surface area contributed by atoms with Crippen LogP contribution in [-0.4, -0.2) is 30.0 Å². The molecule has 0 aliphatic heterocycles. The summed E-state index contributed by atoms with van der Waals surface area (Å²) in [4.78, 5) is 0. The molecule has 19 heavy (non-hydrogen) atoms. The van der Waals surface area contributed by atoms with Gasteiger partial charge in [0, 0.05) is 18.7 Å². The summed E-state index contributed by atoms with van der Waals surface area (Å²) in [6.45, 7) is 6.36. The quantitative estimate of drug-likeness (QED) is 0.826. The average molecular weight is 281 g/mol. The van der Waals surface area contributed by atoms with Crippen LogP contribution in [0.1, 0.15) is 52.9 Å². The summed E-state index contributed by atoms with van der Waals surface area (Å²) in [6, 6.07) is 0.291. The molecule has 1 rings (SSSR count). The molecule has 2 nitrogen and oxygen atoms in total. The molecule has 1 atom stereocenters. The van der Waals surface area contributed by atoms with Crippen LogP contribution in [0.3, 0.4) is 0 Å². The van der Waals surface area contributed by atoms with Gasteiger partial charge in [0.1, 0.15) is 0 Å². The number of alkyl halides is 3. The first-order chi connectivity index (χ1) is 8.64. The molecule has 5 heteroatoms. The van der Waals surface area contributed by atoms with Gasteiger partial charge in [-0.15, -0.1) is 0 Å². The highest BCUT2D eigenvalue weighted by atomic mass is 19.4. The van der Waals surface area contributed by atoms with Gasteiger partial charge in [-0.05, 0) is 37.5 Å². The van der Waals surface area contributed by atoms with Crippen LogP contribution in [0.2, 0.25) is 0 Å². The van der Waals surface area contributed by atoms with Crippen LogP contribution < -0.4 is 5.32 Å². The Balaban J connectivity index is 2.47. The third-order valence-corrected chi connectivity index (χ3v) is 4.09. The van der Waals surface area contributed by atoms with Gasteiger partial charge in [-0.2, -0.15) is 13.2 Å². The summed E-state index contributed by atoms with van der Waals surface area (Å²) in [5, 5.41) is 12.5. The van der Waals surface area contributed by atoms with Gasteiger partial charge < -0.3 is 10.4 Å². The summed E-state index contributed by atoms with van der Waals surface area (Å²) < 4.78 is 37.8. The van der Waals surface area contributed by atoms with Crippen molar-refractivity contribution in [2.45, 2.75) is 71.1 Å². The molecule has 0 radical (unpaired) electrons. The van der Waals surface area contributed by atoms with E-state index >= 15 is 0 Å². The molecule has 0 spiro atoms. The Kier molecular flexibility index (Phi) is 5.68. The van der Waals surface area contributed by atoms with Gasteiger partial charge in [0.05, 0.1) is 5.92 Å². The van der Waals surface area contributed by atoms with Crippen molar-refractivity contribution in [2.24, 2.45) is 11.3 Å². The maximum Gasteiger partial charge on any atom is 0.391 e. The second kappa shape index (κ2) is 6.44. The largest absolute Gasteiger partial charge is 0.396 e. The monoisotopic (exact) mass is 281 g/mol. The second-order valence-corrected chi connectivity index (χ2v) is 6.69. The molecular weight excluding hydrogens is 255 g/mol. The van der Waals surface area contributed by atoms with Crippen molar-refractivity contribution in [1.29, 1.82) is 0 Å². The van der Waals surface area contributed by atoms with E-state index in [-0.39, 0.29) is 36.9 Å². The van der Waals surface area contributed by atoms with E-state index in [1.807, 2.05) is 0 Å². The first-order valence-electron chi connectivity index (χ1n) is 7.08. The van der Waals surface area contributed by atoms with Crippen LogP contribution in [0.15, 0.2) is 0 Å². The maximum atomic E-state index is 12.6. The highest BCUT2D eigenvalue weighted by Gasteiger charge is 2.41. The second-order valence-electron chi connectivity index (χ2n) is 6.69. The Morgan fingerprint density at radius 2 is 1.63 bits per heavy atom. The molecule has 0 aromatic carbocycles. The first-order valence-corrected chi connectivity index (χ1v) is 7.08. The average Bonchev–Trinajstić information content (AvgIpc) is 2.26. The van der Waals surface area contributed by atoms with Crippen LogP contribution in [0, 0.1) is 11.3 Å². The number of nitrogens with one attached hydrogen (secondary N) is 1. The van der Waals surface area contributed by atoms with Gasteiger partial charge in [0.2, 0.25) is 0 Å². The van der Waals surface area contributed by atoms with E-state index in [9.17, 15) is 13.2 Å². The third kappa shape index (κ3) is 5.30. The minimum Gasteiger partial charge on any atom is -0.396 e. The van der Waals surface area contributed by atoms with Crippen LogP contribution in [0.5, 0.6) is 0 Å². The van der Waals surface area contributed by atoms with E-state index in [4.69, 9.17) is 5.11 Å². The fourth-order valence-electron chi connectivity index (χ4n) is 2.77. The molecule has 1 aliphatic carbocycles. The zero-order chi connectivity index (χ0) is 14.7. The van der Waals surface area contributed by atoms with E-state index in [0.717, 1.165) is 0 Å². The van der Waals surface area contributed by atoms with E-state index in [1.54, 1.807) is 0 Å². The van der Waals surface area contributed by atoms with Crippen molar-refractivity contribution < 1.29 is 18.3 Å². The van der Waals surface area contributed by atoms with E-state index in [2.05, 4.69) is 26.1 Å². The van der Waals surface area contributed by atoms with Crippen LogP contribution >= 0.6 is 0 Å². The third-order valence-electron chi connectivity index (χ3n) is 4.09. The Hall–Kier alpha value is -0.290. The van der Waals surface area contributed by atoms with Gasteiger partial charge in [-0.3, -0.25) is 0 Å². The molecule has 114 valence electrons. The van der Waals surface area contributed by atoms with Crippen molar-refractivity contribution in [3.63, 3.8) is 0 Å². The number of hydrogen-bond donors (Lipinski definition) is 2. The van der Waals surface area contributed by atoms with Crippen LogP contribution in [0.4, 0.5) is 13.2 Å². The molecule has 0 amide bonds. The number of aliphatic hydroxyl groups is 1. The molecule has 1 aliphatic rings. The lowest BCUT2D eigenvalue weighted by Gasteiger charge is -2.38. The molecule has 0 heterocycles. The number of aliphatic hydroxyl groups excluding tert-OH is 1. The molecular formula is C14H26F3NO. The molecule has 0 saturated heterocycles. The van der Waals surface area contributed by atoms with Crippen molar-refractivity contribution >= 4 is 0 Å². The normalized spacial score (nSPS) is 27.3. The lowest BCUT2D eigenvalue weighted by atomic mass is 9.81. The van der Waals surface area contributed by atoms with Crippen molar-refractivity contribution in [3.8, 4) is 0 Å². The smallest absolute Gasteiger partial charge is 0.391 e. The van der Waals surface area contributed by atoms with Crippen molar-refractivity contribution in [2.75, 3.05) is 6.61 Å². The number of halogens is 3. The van der Waals surface area contributed by atoms with E-state index in [1.165, 1.54) is 0 Å². The molecule has 1 fully saturated rings. The summed E-state index contributed by atoms with van der Waals surface area (Å²) in [5.74, 6) is -1.13. The fourth-order valence-corrected chi connectivity index (χ4v) is 2.77. The summed E-state index contributed by atoms with van der Waals surface area (Å²) in [6.07, 6.45) is -1.82. The van der Waals surface area contributed by atoms with Crippen molar-refractivity contribution in [1.82, 2.24) is 5.32 Å². The molecule has 0 aromatic rings. The zero-order valence-corrected chi connectivity index (χ0v) is 12.1. The Labute approximate surface area is 113 Å². The molecule has 0 aromatic heterocycles. The maximum absolute atomic E-state index is 12.6. The van der Waals surface area contributed by atoms with Gasteiger partial charge in [-0.1, -0.05) is 20.8 Å². The fraction of sp³-hybridized carbons (Fsp3) is 1.00.